The number of piperidine rings is 1. The molecule has 0 spiro atoms. The Kier molecular flexibility index (Phi) is 5.03. The van der Waals surface area contributed by atoms with E-state index in [1.54, 1.807) is 0 Å². The number of likely N-dealkylation sites (tertiary alicyclic amines) is 1. The summed E-state index contributed by atoms with van der Waals surface area (Å²) in [5.41, 5.74) is 0. The van der Waals surface area contributed by atoms with Gasteiger partial charge in [0.2, 0.25) is 0 Å². The first-order chi connectivity index (χ1) is 7.92. The molecule has 0 bridgehead atoms. The highest BCUT2D eigenvalue weighted by Gasteiger charge is 2.33. The van der Waals surface area contributed by atoms with Crippen molar-refractivity contribution in [1.29, 1.82) is 0 Å². The van der Waals surface area contributed by atoms with Crippen molar-refractivity contribution in [3.63, 3.8) is 0 Å². The molecule has 0 amide bonds. The lowest BCUT2D eigenvalue weighted by molar-refractivity contribution is -0.112. The third-order valence-corrected chi connectivity index (χ3v) is 3.35. The van der Waals surface area contributed by atoms with Crippen LogP contribution in [0.15, 0.2) is 0 Å². The highest BCUT2D eigenvalue weighted by atomic mass is 16.7. The van der Waals surface area contributed by atoms with Gasteiger partial charge >= 0.3 is 0 Å². The number of ether oxygens (including phenoxy) is 3. The molecule has 0 aliphatic carbocycles. The molecule has 0 radical (unpaired) electrons. The van der Waals surface area contributed by atoms with Crippen LogP contribution in [0, 0.1) is 0 Å². The Morgan fingerprint density at radius 3 is 2.81 bits per heavy atom. The van der Waals surface area contributed by atoms with Gasteiger partial charge in [-0.15, -0.1) is 0 Å². The van der Waals surface area contributed by atoms with Gasteiger partial charge in [-0.1, -0.05) is 6.42 Å². The fraction of sp³-hybridized carbons (Fsp3) is 1.00. The van der Waals surface area contributed by atoms with Gasteiger partial charge in [0.15, 0.2) is 6.29 Å². The van der Waals surface area contributed by atoms with Gasteiger partial charge in [0.25, 0.3) is 0 Å². The summed E-state index contributed by atoms with van der Waals surface area (Å²) in [7, 11) is 0. The molecule has 2 heterocycles. The molecule has 0 aromatic rings. The molecule has 0 aromatic heterocycles. The Morgan fingerprint density at radius 2 is 2.06 bits per heavy atom. The van der Waals surface area contributed by atoms with Gasteiger partial charge in [-0.25, -0.2) is 0 Å². The standard InChI is InChI=1S/C12H23NO3/c1-2-14-8-7-13-6-4-3-5-11(13)12-15-9-10-16-12/h11-12H,2-10H2,1H3/t11-/m1/s1. The first-order valence-corrected chi connectivity index (χ1v) is 6.47. The maximum atomic E-state index is 5.62. The maximum absolute atomic E-state index is 5.62. The summed E-state index contributed by atoms with van der Waals surface area (Å²) in [5.74, 6) is 0. The SMILES string of the molecule is CCOCCN1CCCC[C@@H]1C1OCCO1. The predicted molar refractivity (Wildman–Crippen MR) is 61.4 cm³/mol. The van der Waals surface area contributed by atoms with E-state index in [2.05, 4.69) is 4.90 Å². The van der Waals surface area contributed by atoms with E-state index in [0.29, 0.717) is 6.04 Å². The first-order valence-electron chi connectivity index (χ1n) is 6.47. The van der Waals surface area contributed by atoms with Crippen molar-refractivity contribution >= 4 is 0 Å². The Morgan fingerprint density at radius 1 is 1.25 bits per heavy atom. The lowest BCUT2D eigenvalue weighted by atomic mass is 10.0. The Labute approximate surface area is 97.8 Å². The minimum Gasteiger partial charge on any atom is -0.380 e. The molecule has 2 rings (SSSR count). The number of hydrogen-bond acceptors (Lipinski definition) is 4. The molecule has 2 saturated heterocycles. The highest BCUT2D eigenvalue weighted by Crippen LogP contribution is 2.23. The molecule has 0 aromatic carbocycles. The van der Waals surface area contributed by atoms with Gasteiger partial charge in [0.05, 0.1) is 25.9 Å². The molecule has 94 valence electrons. The van der Waals surface area contributed by atoms with Crippen molar-refractivity contribution in [3.8, 4) is 0 Å². The van der Waals surface area contributed by atoms with Gasteiger partial charge in [-0.05, 0) is 26.3 Å². The second-order valence-corrected chi connectivity index (χ2v) is 4.41. The van der Waals surface area contributed by atoms with Gasteiger partial charge < -0.3 is 14.2 Å². The van der Waals surface area contributed by atoms with Crippen molar-refractivity contribution in [2.24, 2.45) is 0 Å². The van der Waals surface area contributed by atoms with E-state index >= 15 is 0 Å². The Bertz CT molecular complexity index is 195. The maximum Gasteiger partial charge on any atom is 0.173 e. The topological polar surface area (TPSA) is 30.9 Å². The monoisotopic (exact) mass is 229 g/mol. The van der Waals surface area contributed by atoms with Gasteiger partial charge in [0, 0.05) is 13.2 Å². The van der Waals surface area contributed by atoms with E-state index in [-0.39, 0.29) is 6.29 Å². The molecule has 0 unspecified atom stereocenters. The van der Waals surface area contributed by atoms with Crippen LogP contribution in [0.2, 0.25) is 0 Å². The summed E-state index contributed by atoms with van der Waals surface area (Å²) in [4.78, 5) is 2.47. The van der Waals surface area contributed by atoms with E-state index in [1.807, 2.05) is 6.92 Å². The minimum absolute atomic E-state index is 0.00178. The molecule has 16 heavy (non-hydrogen) atoms. The van der Waals surface area contributed by atoms with Crippen LogP contribution in [0.3, 0.4) is 0 Å². The average Bonchev–Trinajstić information content (AvgIpc) is 2.83. The van der Waals surface area contributed by atoms with E-state index in [0.717, 1.165) is 39.5 Å². The molecule has 1 atom stereocenters. The van der Waals surface area contributed by atoms with Crippen LogP contribution in [0.5, 0.6) is 0 Å². The molecule has 0 saturated carbocycles. The van der Waals surface area contributed by atoms with E-state index in [4.69, 9.17) is 14.2 Å². The number of rotatable bonds is 5. The van der Waals surface area contributed by atoms with Crippen LogP contribution >= 0.6 is 0 Å². The lowest BCUT2D eigenvalue weighted by Crippen LogP contribution is -2.48. The second kappa shape index (κ2) is 6.55. The van der Waals surface area contributed by atoms with Crippen molar-refractivity contribution < 1.29 is 14.2 Å². The van der Waals surface area contributed by atoms with Gasteiger partial charge in [0.1, 0.15) is 0 Å². The van der Waals surface area contributed by atoms with Gasteiger partial charge in [-0.3, -0.25) is 4.90 Å². The average molecular weight is 229 g/mol. The minimum atomic E-state index is 0.00178. The van der Waals surface area contributed by atoms with E-state index < -0.39 is 0 Å². The zero-order valence-corrected chi connectivity index (χ0v) is 10.2. The lowest BCUT2D eigenvalue weighted by Gasteiger charge is -2.37. The van der Waals surface area contributed by atoms with Crippen LogP contribution < -0.4 is 0 Å². The smallest absolute Gasteiger partial charge is 0.173 e. The molecule has 0 N–H and O–H groups in total. The molecular formula is C12H23NO3. The summed E-state index contributed by atoms with van der Waals surface area (Å²) in [6, 6.07) is 0.441. The van der Waals surface area contributed by atoms with E-state index in [9.17, 15) is 0 Å². The molecule has 4 heteroatoms. The Balaban J connectivity index is 1.81. The molecular weight excluding hydrogens is 206 g/mol. The fourth-order valence-corrected chi connectivity index (χ4v) is 2.53. The number of nitrogens with zero attached hydrogens (tertiary/aromatic N) is 1. The first kappa shape index (κ1) is 12.3. The van der Waals surface area contributed by atoms with E-state index in [1.165, 1.54) is 19.3 Å². The summed E-state index contributed by atoms with van der Waals surface area (Å²) < 4.78 is 16.7. The molecule has 2 aliphatic rings. The largest absolute Gasteiger partial charge is 0.380 e. The van der Waals surface area contributed by atoms with Crippen LogP contribution in [-0.4, -0.2) is 56.7 Å². The van der Waals surface area contributed by atoms with Crippen LogP contribution in [0.25, 0.3) is 0 Å². The van der Waals surface area contributed by atoms with Crippen molar-refractivity contribution in [2.45, 2.75) is 38.5 Å². The summed E-state index contributed by atoms with van der Waals surface area (Å²) in [6.45, 7) is 7.31. The zero-order chi connectivity index (χ0) is 11.2. The number of hydrogen-bond donors (Lipinski definition) is 0. The third-order valence-electron chi connectivity index (χ3n) is 3.35. The molecule has 2 fully saturated rings. The normalized spacial score (nSPS) is 28.7. The molecule has 2 aliphatic heterocycles. The van der Waals surface area contributed by atoms with Crippen molar-refractivity contribution in [1.82, 2.24) is 4.90 Å². The van der Waals surface area contributed by atoms with Crippen molar-refractivity contribution in [2.75, 3.05) is 39.5 Å². The predicted octanol–water partition coefficient (Wildman–Crippen LogP) is 1.25. The summed E-state index contributed by atoms with van der Waals surface area (Å²) in [6.07, 6.45) is 3.77. The fourth-order valence-electron chi connectivity index (χ4n) is 2.53. The van der Waals surface area contributed by atoms with Crippen molar-refractivity contribution in [3.05, 3.63) is 0 Å². The summed E-state index contributed by atoms with van der Waals surface area (Å²) >= 11 is 0. The zero-order valence-electron chi connectivity index (χ0n) is 10.2. The van der Waals surface area contributed by atoms with Crippen LogP contribution in [-0.2, 0) is 14.2 Å². The highest BCUT2D eigenvalue weighted by molar-refractivity contribution is 4.81. The Hall–Kier alpha value is -0.160. The van der Waals surface area contributed by atoms with Crippen LogP contribution in [0.1, 0.15) is 26.2 Å². The van der Waals surface area contributed by atoms with Gasteiger partial charge in [-0.2, -0.15) is 0 Å². The quantitative estimate of drug-likeness (QED) is 0.664. The second-order valence-electron chi connectivity index (χ2n) is 4.41. The third kappa shape index (κ3) is 3.17. The summed E-state index contributed by atoms with van der Waals surface area (Å²) in [5, 5.41) is 0. The van der Waals surface area contributed by atoms with Crippen LogP contribution in [0.4, 0.5) is 0 Å². The molecule has 4 nitrogen and oxygen atoms in total.